The standard InChI is InChI=1S/C27H50ClN11.4ClH/c28-25-31-26(34-5-13-38(14-6-34)21-17-36(18-22-38)9-1-29-2-10-36)33-27(32-25)35-7-15-39(16-8-35)23-19-37(20-24-39)11-3-30-4-12-37;;;;/h29-30H,1-24H2;4*1H/q+4;;;;/p-4. The molecule has 0 amide bonds. The minimum atomic E-state index is 0. The van der Waals surface area contributed by atoms with Crippen molar-refractivity contribution in [3.63, 3.8) is 0 Å². The van der Waals surface area contributed by atoms with Gasteiger partial charge in [0.15, 0.2) is 0 Å². The third kappa shape index (κ3) is 7.87. The monoisotopic (exact) mass is 703 g/mol. The summed E-state index contributed by atoms with van der Waals surface area (Å²) in [6.45, 7) is 29.5. The number of aromatic nitrogens is 3. The summed E-state index contributed by atoms with van der Waals surface area (Å²) >= 11 is 6.50. The van der Waals surface area contributed by atoms with Crippen molar-refractivity contribution in [1.29, 1.82) is 0 Å². The second kappa shape index (κ2) is 15.2. The van der Waals surface area contributed by atoms with Crippen LogP contribution in [0, 0.1) is 0 Å². The number of rotatable bonds is 2. The molecule has 2 N–H and O–H groups in total. The van der Waals surface area contributed by atoms with Gasteiger partial charge in [0.1, 0.15) is 52.4 Å². The Labute approximate surface area is 287 Å². The first-order valence-corrected chi connectivity index (χ1v) is 16.1. The molecule has 0 unspecified atom stereocenters. The summed E-state index contributed by atoms with van der Waals surface area (Å²) in [7, 11) is 0. The van der Waals surface area contributed by atoms with E-state index in [0.29, 0.717) is 5.28 Å². The molecule has 0 aromatic carbocycles. The summed E-state index contributed by atoms with van der Waals surface area (Å²) in [5.41, 5.74) is 0. The van der Waals surface area contributed by atoms with Crippen LogP contribution in [-0.4, -0.2) is 190 Å². The molecule has 6 aliphatic heterocycles. The topological polar surface area (TPSA) is 69.2 Å². The molecule has 4 spiro atoms. The zero-order valence-corrected chi connectivity index (χ0v) is 29.2. The van der Waals surface area contributed by atoms with Crippen LogP contribution < -0.4 is 70.1 Å². The van der Waals surface area contributed by atoms with E-state index < -0.39 is 0 Å². The summed E-state index contributed by atoms with van der Waals surface area (Å²) in [4.78, 5) is 18.9. The Morgan fingerprint density at radius 3 is 1.00 bits per heavy atom. The Hall–Kier alpha value is -0.180. The SMILES string of the molecule is Clc1nc(N2CC[N+]3(CC2)CC[N+]2(CCNCC2)CC3)nc(N2CC[N+]3(CC2)CC[N+]2(CCNCC2)CC3)n1.[Cl-].[Cl-].[Cl-].[Cl-]. The van der Waals surface area contributed by atoms with Gasteiger partial charge in [-0.25, -0.2) is 0 Å². The molecule has 6 fully saturated rings. The summed E-state index contributed by atoms with van der Waals surface area (Å²) in [6, 6.07) is 0. The van der Waals surface area contributed by atoms with Crippen molar-refractivity contribution in [1.82, 2.24) is 25.6 Å². The molecule has 1 aromatic heterocycles. The molecule has 0 radical (unpaired) electrons. The van der Waals surface area contributed by atoms with Crippen molar-refractivity contribution >= 4 is 23.5 Å². The van der Waals surface area contributed by atoms with E-state index in [1.807, 2.05) is 0 Å². The molecule has 11 nitrogen and oxygen atoms in total. The maximum atomic E-state index is 6.50. The lowest BCUT2D eigenvalue weighted by Crippen LogP contribution is -3.00. The second-order valence-electron chi connectivity index (χ2n) is 13.6. The van der Waals surface area contributed by atoms with E-state index in [2.05, 4.69) is 30.4 Å². The van der Waals surface area contributed by atoms with Crippen molar-refractivity contribution < 1.29 is 67.6 Å². The molecular formula is C27H50Cl5N11. The molecule has 6 aliphatic rings. The number of hydrogen-bond donors (Lipinski definition) is 2. The Morgan fingerprint density at radius 2 is 0.698 bits per heavy atom. The Morgan fingerprint density at radius 1 is 0.419 bits per heavy atom. The molecule has 0 bridgehead atoms. The summed E-state index contributed by atoms with van der Waals surface area (Å²) in [6.07, 6.45) is 0. The quantitative estimate of drug-likeness (QED) is 0.297. The third-order valence-electron chi connectivity index (χ3n) is 11.8. The van der Waals surface area contributed by atoms with Crippen LogP contribution in [0.3, 0.4) is 0 Å². The van der Waals surface area contributed by atoms with Gasteiger partial charge in [-0.3, -0.25) is 0 Å². The van der Waals surface area contributed by atoms with Crippen molar-refractivity contribution in [3.05, 3.63) is 5.28 Å². The van der Waals surface area contributed by atoms with E-state index in [9.17, 15) is 0 Å². The van der Waals surface area contributed by atoms with E-state index in [0.717, 1.165) is 38.1 Å². The highest BCUT2D eigenvalue weighted by molar-refractivity contribution is 6.28. The molecule has 0 saturated carbocycles. The predicted octanol–water partition coefficient (Wildman–Crippen LogP) is -13.3. The van der Waals surface area contributed by atoms with Gasteiger partial charge in [-0.05, 0) is 11.6 Å². The maximum absolute atomic E-state index is 6.50. The molecule has 0 atom stereocenters. The largest absolute Gasteiger partial charge is 1.00 e. The number of nitrogens with one attached hydrogen (secondary N) is 2. The number of nitrogens with zero attached hydrogens (tertiary/aromatic N) is 9. The molecule has 16 heteroatoms. The van der Waals surface area contributed by atoms with Gasteiger partial charge >= 0.3 is 0 Å². The van der Waals surface area contributed by atoms with E-state index in [1.165, 1.54) is 149 Å². The fourth-order valence-corrected chi connectivity index (χ4v) is 8.61. The minimum Gasteiger partial charge on any atom is -1.00 e. The van der Waals surface area contributed by atoms with Crippen LogP contribution >= 0.6 is 11.6 Å². The van der Waals surface area contributed by atoms with Gasteiger partial charge in [0.05, 0.1) is 78.5 Å². The number of piperazine rings is 6. The predicted molar refractivity (Wildman–Crippen MR) is 154 cm³/mol. The average molecular weight is 706 g/mol. The molecule has 1 aromatic rings. The highest BCUT2D eigenvalue weighted by Crippen LogP contribution is 2.27. The van der Waals surface area contributed by atoms with Crippen molar-refractivity contribution in [2.45, 2.75) is 0 Å². The Kier molecular flexibility index (Phi) is 13.1. The fraction of sp³-hybridized carbons (Fsp3) is 0.889. The highest BCUT2D eigenvalue weighted by atomic mass is 35.5. The first-order chi connectivity index (χ1) is 19.0. The second-order valence-corrected chi connectivity index (χ2v) is 14.0. The van der Waals surface area contributed by atoms with E-state index >= 15 is 0 Å². The van der Waals surface area contributed by atoms with Gasteiger partial charge in [0, 0.05) is 26.2 Å². The van der Waals surface area contributed by atoms with Crippen LogP contribution in [0.2, 0.25) is 5.28 Å². The lowest BCUT2D eigenvalue weighted by atomic mass is 10.1. The lowest BCUT2D eigenvalue weighted by Gasteiger charge is -2.53. The number of hydrogen-bond acceptors (Lipinski definition) is 7. The summed E-state index contributed by atoms with van der Waals surface area (Å²) in [5, 5.41) is 7.43. The maximum Gasteiger partial charge on any atom is 0.231 e. The average Bonchev–Trinajstić information content (AvgIpc) is 2.98. The van der Waals surface area contributed by atoms with Gasteiger partial charge in [-0.15, -0.1) is 0 Å². The minimum absolute atomic E-state index is 0. The first-order valence-electron chi connectivity index (χ1n) is 15.7. The van der Waals surface area contributed by atoms with E-state index in [-0.39, 0.29) is 49.6 Å². The Bertz CT molecular complexity index is 924. The van der Waals surface area contributed by atoms with Crippen molar-refractivity contribution in [3.8, 4) is 0 Å². The number of halogens is 5. The van der Waals surface area contributed by atoms with Crippen molar-refractivity contribution in [2.75, 3.05) is 167 Å². The van der Waals surface area contributed by atoms with Crippen molar-refractivity contribution in [2.24, 2.45) is 0 Å². The highest BCUT2D eigenvalue weighted by Gasteiger charge is 2.46. The smallest absolute Gasteiger partial charge is 0.231 e. The molecular weight excluding hydrogens is 656 g/mol. The van der Waals surface area contributed by atoms with Gasteiger partial charge < -0.3 is 88.0 Å². The van der Waals surface area contributed by atoms with Gasteiger partial charge in [0.25, 0.3) is 0 Å². The van der Waals surface area contributed by atoms with E-state index in [4.69, 9.17) is 16.6 Å². The first kappa shape index (κ1) is 37.3. The molecule has 7 heterocycles. The zero-order chi connectivity index (χ0) is 26.4. The Balaban J connectivity index is 0.00000127. The fourth-order valence-electron chi connectivity index (χ4n) is 8.46. The zero-order valence-electron chi connectivity index (χ0n) is 25.4. The third-order valence-corrected chi connectivity index (χ3v) is 11.9. The number of anilines is 2. The molecule has 0 aliphatic carbocycles. The summed E-state index contributed by atoms with van der Waals surface area (Å²) in [5.74, 6) is 1.56. The van der Waals surface area contributed by atoms with Gasteiger partial charge in [0.2, 0.25) is 17.2 Å². The molecule has 43 heavy (non-hydrogen) atoms. The van der Waals surface area contributed by atoms with Crippen LogP contribution in [-0.2, 0) is 0 Å². The van der Waals surface area contributed by atoms with Crippen LogP contribution in [0.25, 0.3) is 0 Å². The van der Waals surface area contributed by atoms with Crippen LogP contribution in [0.4, 0.5) is 11.9 Å². The van der Waals surface area contributed by atoms with Gasteiger partial charge in [-0.2, -0.15) is 15.0 Å². The van der Waals surface area contributed by atoms with Crippen LogP contribution in [0.1, 0.15) is 0 Å². The van der Waals surface area contributed by atoms with Crippen LogP contribution in [0.15, 0.2) is 0 Å². The normalized spacial score (nSPS) is 27.0. The molecule has 7 rings (SSSR count). The van der Waals surface area contributed by atoms with Crippen LogP contribution in [0.5, 0.6) is 0 Å². The number of quaternary nitrogens is 4. The van der Waals surface area contributed by atoms with Gasteiger partial charge in [-0.1, -0.05) is 0 Å². The molecule has 248 valence electrons. The summed E-state index contributed by atoms with van der Waals surface area (Å²) < 4.78 is 5.24. The lowest BCUT2D eigenvalue weighted by molar-refractivity contribution is -1.03. The molecule has 6 saturated heterocycles. The van der Waals surface area contributed by atoms with E-state index in [1.54, 1.807) is 0 Å².